The Kier molecular flexibility index (Phi) is 3.36. The summed E-state index contributed by atoms with van der Waals surface area (Å²) < 4.78 is 5.19. The highest BCUT2D eigenvalue weighted by atomic mass is 16.5. The second kappa shape index (κ2) is 4.78. The topological polar surface area (TPSA) is 38.3 Å². The maximum atomic E-state index is 12.0. The van der Waals surface area contributed by atoms with E-state index >= 15 is 0 Å². The number of hydrogen-bond acceptors (Lipinski definition) is 3. The fourth-order valence-corrected chi connectivity index (χ4v) is 2.31. The van der Waals surface area contributed by atoms with Gasteiger partial charge in [0.1, 0.15) is 0 Å². The van der Waals surface area contributed by atoms with Crippen LogP contribution in [0, 0.1) is 5.41 Å². The molecule has 1 aliphatic rings. The van der Waals surface area contributed by atoms with Gasteiger partial charge in [-0.05, 0) is 38.3 Å². The molecule has 1 unspecified atom stereocenters. The summed E-state index contributed by atoms with van der Waals surface area (Å²) in [5, 5.41) is 3.37. The molecule has 1 atom stereocenters. The Morgan fingerprint density at radius 1 is 1.47 bits per heavy atom. The highest BCUT2D eigenvalue weighted by molar-refractivity contribution is 5.77. The van der Waals surface area contributed by atoms with E-state index in [-0.39, 0.29) is 5.97 Å². The standard InChI is InChI=1S/C14H19NO2/c1-3-17-13(16)14(2)8-9-15-12-7-5-4-6-11(12)10-14/h4-7,15H,3,8-10H2,1-2H3. The van der Waals surface area contributed by atoms with Crippen LogP contribution in [0.3, 0.4) is 0 Å². The van der Waals surface area contributed by atoms with E-state index in [4.69, 9.17) is 4.74 Å². The van der Waals surface area contributed by atoms with Gasteiger partial charge in [-0.1, -0.05) is 18.2 Å². The Labute approximate surface area is 102 Å². The zero-order valence-corrected chi connectivity index (χ0v) is 10.5. The lowest BCUT2D eigenvalue weighted by atomic mass is 9.81. The van der Waals surface area contributed by atoms with Gasteiger partial charge in [-0.25, -0.2) is 0 Å². The molecule has 0 amide bonds. The van der Waals surface area contributed by atoms with Gasteiger partial charge in [-0.2, -0.15) is 0 Å². The quantitative estimate of drug-likeness (QED) is 0.798. The van der Waals surface area contributed by atoms with Crippen LogP contribution in [0.4, 0.5) is 5.69 Å². The third kappa shape index (κ3) is 2.43. The molecule has 0 spiro atoms. The highest BCUT2D eigenvalue weighted by Gasteiger charge is 2.36. The van der Waals surface area contributed by atoms with Gasteiger partial charge in [-0.3, -0.25) is 4.79 Å². The van der Waals surface area contributed by atoms with Gasteiger partial charge in [0.15, 0.2) is 0 Å². The molecule has 17 heavy (non-hydrogen) atoms. The van der Waals surface area contributed by atoms with Gasteiger partial charge >= 0.3 is 5.97 Å². The summed E-state index contributed by atoms with van der Waals surface area (Å²) >= 11 is 0. The summed E-state index contributed by atoms with van der Waals surface area (Å²) in [6.07, 6.45) is 1.55. The van der Waals surface area contributed by atoms with Crippen molar-refractivity contribution < 1.29 is 9.53 Å². The van der Waals surface area contributed by atoms with Gasteiger partial charge in [0.05, 0.1) is 12.0 Å². The van der Waals surface area contributed by atoms with Crippen LogP contribution in [0.25, 0.3) is 0 Å². The lowest BCUT2D eigenvalue weighted by molar-refractivity contribution is -0.154. The monoisotopic (exact) mass is 233 g/mol. The molecule has 92 valence electrons. The first-order chi connectivity index (χ1) is 8.15. The Balaban J connectivity index is 2.25. The molecule has 0 aliphatic carbocycles. The molecular weight excluding hydrogens is 214 g/mol. The van der Waals surface area contributed by atoms with Crippen LogP contribution >= 0.6 is 0 Å². The van der Waals surface area contributed by atoms with E-state index in [2.05, 4.69) is 17.4 Å². The summed E-state index contributed by atoms with van der Waals surface area (Å²) in [7, 11) is 0. The number of carbonyl (C=O) groups is 1. The molecule has 0 saturated heterocycles. The van der Waals surface area contributed by atoms with Crippen molar-refractivity contribution >= 4 is 11.7 Å². The number of nitrogens with one attached hydrogen (secondary N) is 1. The van der Waals surface area contributed by atoms with Crippen LogP contribution in [-0.4, -0.2) is 19.1 Å². The Morgan fingerprint density at radius 2 is 2.24 bits per heavy atom. The molecule has 1 heterocycles. The van der Waals surface area contributed by atoms with Crippen molar-refractivity contribution in [3.05, 3.63) is 29.8 Å². The predicted octanol–water partition coefficient (Wildman–Crippen LogP) is 2.61. The molecule has 1 aromatic carbocycles. The van der Waals surface area contributed by atoms with E-state index in [0.29, 0.717) is 6.61 Å². The number of carbonyl (C=O) groups excluding carboxylic acids is 1. The summed E-state index contributed by atoms with van der Waals surface area (Å²) in [4.78, 5) is 12.0. The Bertz CT molecular complexity index is 416. The average molecular weight is 233 g/mol. The third-order valence-electron chi connectivity index (χ3n) is 3.36. The number of benzene rings is 1. The van der Waals surface area contributed by atoms with Crippen molar-refractivity contribution in [2.75, 3.05) is 18.5 Å². The number of hydrogen-bond donors (Lipinski definition) is 1. The van der Waals surface area contributed by atoms with Crippen LogP contribution in [0.5, 0.6) is 0 Å². The second-order valence-electron chi connectivity index (χ2n) is 4.79. The molecule has 1 N–H and O–H groups in total. The normalized spacial score (nSPS) is 23.2. The number of esters is 1. The number of rotatable bonds is 2. The minimum Gasteiger partial charge on any atom is -0.466 e. The molecule has 3 nitrogen and oxygen atoms in total. The summed E-state index contributed by atoms with van der Waals surface area (Å²) in [6, 6.07) is 8.16. The molecular formula is C14H19NO2. The third-order valence-corrected chi connectivity index (χ3v) is 3.36. The van der Waals surface area contributed by atoms with Crippen LogP contribution in [0.2, 0.25) is 0 Å². The predicted molar refractivity (Wildman–Crippen MR) is 68.0 cm³/mol. The van der Waals surface area contributed by atoms with Gasteiger partial charge < -0.3 is 10.1 Å². The van der Waals surface area contributed by atoms with Gasteiger partial charge in [0.25, 0.3) is 0 Å². The zero-order chi connectivity index (χ0) is 12.3. The SMILES string of the molecule is CCOC(=O)C1(C)CCNc2ccccc2C1. The van der Waals surface area contributed by atoms with Crippen molar-refractivity contribution in [2.24, 2.45) is 5.41 Å². The molecule has 3 heteroatoms. The molecule has 0 bridgehead atoms. The van der Waals surface area contributed by atoms with E-state index in [1.807, 2.05) is 26.0 Å². The molecule has 1 aromatic rings. The van der Waals surface area contributed by atoms with Crippen molar-refractivity contribution in [3.63, 3.8) is 0 Å². The Morgan fingerprint density at radius 3 is 3.00 bits per heavy atom. The number of anilines is 1. The Hall–Kier alpha value is -1.51. The maximum absolute atomic E-state index is 12.0. The van der Waals surface area contributed by atoms with Gasteiger partial charge in [0, 0.05) is 12.2 Å². The number of para-hydroxylation sites is 1. The minimum atomic E-state index is -0.407. The molecule has 0 saturated carbocycles. The van der Waals surface area contributed by atoms with Crippen molar-refractivity contribution in [2.45, 2.75) is 26.7 Å². The second-order valence-corrected chi connectivity index (χ2v) is 4.79. The summed E-state index contributed by atoms with van der Waals surface area (Å²) in [5.41, 5.74) is 1.93. The van der Waals surface area contributed by atoms with Crippen molar-refractivity contribution in [1.29, 1.82) is 0 Å². The highest BCUT2D eigenvalue weighted by Crippen LogP contribution is 2.34. The number of fused-ring (bicyclic) bond motifs is 1. The first-order valence-corrected chi connectivity index (χ1v) is 6.15. The summed E-state index contributed by atoms with van der Waals surface area (Å²) in [6.45, 7) is 5.11. The average Bonchev–Trinajstić information content (AvgIpc) is 2.48. The molecule has 0 radical (unpaired) electrons. The summed E-state index contributed by atoms with van der Waals surface area (Å²) in [5.74, 6) is -0.0847. The molecule has 2 rings (SSSR count). The van der Waals surface area contributed by atoms with Crippen LogP contribution in [0.1, 0.15) is 25.8 Å². The molecule has 0 fully saturated rings. The van der Waals surface area contributed by atoms with Gasteiger partial charge in [-0.15, -0.1) is 0 Å². The van der Waals surface area contributed by atoms with Crippen LogP contribution in [0.15, 0.2) is 24.3 Å². The largest absolute Gasteiger partial charge is 0.466 e. The van der Waals surface area contributed by atoms with E-state index in [9.17, 15) is 4.79 Å². The fourth-order valence-electron chi connectivity index (χ4n) is 2.31. The minimum absolute atomic E-state index is 0.0847. The van der Waals surface area contributed by atoms with Crippen molar-refractivity contribution in [3.8, 4) is 0 Å². The van der Waals surface area contributed by atoms with Crippen LogP contribution < -0.4 is 5.32 Å². The number of ether oxygens (including phenoxy) is 1. The first-order valence-electron chi connectivity index (χ1n) is 6.15. The smallest absolute Gasteiger partial charge is 0.312 e. The van der Waals surface area contributed by atoms with E-state index < -0.39 is 5.41 Å². The maximum Gasteiger partial charge on any atom is 0.312 e. The van der Waals surface area contributed by atoms with Gasteiger partial charge in [0.2, 0.25) is 0 Å². The van der Waals surface area contributed by atoms with E-state index in [0.717, 1.165) is 25.1 Å². The lowest BCUT2D eigenvalue weighted by Gasteiger charge is -2.25. The van der Waals surface area contributed by atoms with Crippen LogP contribution in [-0.2, 0) is 16.0 Å². The van der Waals surface area contributed by atoms with E-state index in [1.165, 1.54) is 5.56 Å². The lowest BCUT2D eigenvalue weighted by Crippen LogP contribution is -2.32. The molecule has 0 aromatic heterocycles. The first kappa shape index (κ1) is 12.0. The zero-order valence-electron chi connectivity index (χ0n) is 10.5. The van der Waals surface area contributed by atoms with Crippen molar-refractivity contribution in [1.82, 2.24) is 0 Å². The molecule has 1 aliphatic heterocycles. The fraction of sp³-hybridized carbons (Fsp3) is 0.500. The van der Waals surface area contributed by atoms with E-state index in [1.54, 1.807) is 0 Å².